The van der Waals surface area contributed by atoms with Crippen LogP contribution in [0.2, 0.25) is 0 Å². The monoisotopic (exact) mass is 340 g/mol. The van der Waals surface area contributed by atoms with Crippen molar-refractivity contribution in [1.82, 2.24) is 14.9 Å². The number of amides is 1. The molecule has 1 aromatic carbocycles. The maximum Gasteiger partial charge on any atom is 0.254 e. The first-order valence-corrected chi connectivity index (χ1v) is 8.56. The maximum atomic E-state index is 11.6. The third-order valence-corrected chi connectivity index (χ3v) is 4.52. The molecule has 132 valence electrons. The summed E-state index contributed by atoms with van der Waals surface area (Å²) in [5.74, 6) is 0.343. The van der Waals surface area contributed by atoms with E-state index < -0.39 is 5.91 Å². The molecule has 2 heterocycles. The van der Waals surface area contributed by atoms with E-state index in [2.05, 4.69) is 32.5 Å². The normalized spacial score (nSPS) is 17.4. The Morgan fingerprint density at radius 1 is 1.36 bits per heavy atom. The van der Waals surface area contributed by atoms with Gasteiger partial charge in [0.1, 0.15) is 11.4 Å². The lowest BCUT2D eigenvalue weighted by molar-refractivity contribution is 0.100. The number of benzene rings is 1. The van der Waals surface area contributed by atoms with Gasteiger partial charge < -0.3 is 21.3 Å². The van der Waals surface area contributed by atoms with E-state index in [1.807, 2.05) is 30.3 Å². The second kappa shape index (κ2) is 7.94. The number of nitrogens with zero attached hydrogens (tertiary/aromatic N) is 3. The van der Waals surface area contributed by atoms with Gasteiger partial charge in [0.15, 0.2) is 0 Å². The average Bonchev–Trinajstić information content (AvgIpc) is 3.01. The number of carbonyl (C=O) groups is 1. The van der Waals surface area contributed by atoms with Crippen molar-refractivity contribution >= 4 is 23.4 Å². The largest absolute Gasteiger partial charge is 0.365 e. The number of para-hydroxylation sites is 1. The van der Waals surface area contributed by atoms with Gasteiger partial charge in [-0.05, 0) is 45.0 Å². The number of likely N-dealkylation sites (tertiary alicyclic amines) is 1. The lowest BCUT2D eigenvalue weighted by atomic mass is 10.1. The second-order valence-electron chi connectivity index (χ2n) is 6.30. The molecule has 2 aromatic rings. The van der Waals surface area contributed by atoms with Crippen LogP contribution in [0.5, 0.6) is 0 Å². The molecular formula is C18H24N6O. The highest BCUT2D eigenvalue weighted by atomic mass is 16.1. The van der Waals surface area contributed by atoms with E-state index in [9.17, 15) is 4.79 Å². The predicted octanol–water partition coefficient (Wildman–Crippen LogP) is 2.22. The molecule has 1 saturated heterocycles. The highest BCUT2D eigenvalue weighted by molar-refractivity contribution is 5.98. The van der Waals surface area contributed by atoms with Crippen LogP contribution in [0.25, 0.3) is 0 Å². The summed E-state index contributed by atoms with van der Waals surface area (Å²) in [7, 11) is 2.16. The number of rotatable bonds is 7. The minimum atomic E-state index is -0.558. The van der Waals surface area contributed by atoms with Crippen LogP contribution < -0.4 is 16.4 Å². The first-order valence-electron chi connectivity index (χ1n) is 8.56. The molecule has 1 unspecified atom stereocenters. The highest BCUT2D eigenvalue weighted by Gasteiger charge is 2.20. The van der Waals surface area contributed by atoms with Crippen LogP contribution in [0.4, 0.5) is 17.5 Å². The Balaban J connectivity index is 1.68. The number of anilines is 3. The first kappa shape index (κ1) is 17.2. The van der Waals surface area contributed by atoms with Gasteiger partial charge in [-0.3, -0.25) is 4.79 Å². The third-order valence-electron chi connectivity index (χ3n) is 4.52. The summed E-state index contributed by atoms with van der Waals surface area (Å²) in [4.78, 5) is 22.6. The highest BCUT2D eigenvalue weighted by Crippen LogP contribution is 2.20. The minimum absolute atomic E-state index is 0.268. The Kier molecular flexibility index (Phi) is 5.45. The van der Waals surface area contributed by atoms with Crippen LogP contribution in [0.1, 0.15) is 29.6 Å². The number of hydrogen-bond acceptors (Lipinski definition) is 6. The molecule has 1 aromatic heterocycles. The molecule has 7 nitrogen and oxygen atoms in total. The summed E-state index contributed by atoms with van der Waals surface area (Å²) in [6.45, 7) is 1.95. The Hall–Kier alpha value is -2.67. The van der Waals surface area contributed by atoms with Gasteiger partial charge in [-0.1, -0.05) is 18.2 Å². The van der Waals surface area contributed by atoms with Gasteiger partial charge in [0, 0.05) is 24.5 Å². The standard InChI is InChI=1S/C18H24N6O/c1-24-11-5-8-14(24)9-10-20-18-21-12-15(16(19)25)17(23-18)22-13-6-3-2-4-7-13/h2-4,6-7,12,14H,5,8-11H2,1H3,(H2,19,25)(H2,20,21,22,23). The molecule has 25 heavy (non-hydrogen) atoms. The topological polar surface area (TPSA) is 96.2 Å². The smallest absolute Gasteiger partial charge is 0.254 e. The van der Waals surface area contributed by atoms with E-state index in [0.29, 0.717) is 17.8 Å². The lowest BCUT2D eigenvalue weighted by Crippen LogP contribution is -2.27. The zero-order valence-electron chi connectivity index (χ0n) is 14.4. The Morgan fingerprint density at radius 3 is 2.84 bits per heavy atom. The number of hydrogen-bond donors (Lipinski definition) is 3. The van der Waals surface area contributed by atoms with Crippen molar-refractivity contribution in [1.29, 1.82) is 0 Å². The predicted molar refractivity (Wildman–Crippen MR) is 99.0 cm³/mol. The molecule has 1 atom stereocenters. The Labute approximate surface area is 147 Å². The van der Waals surface area contributed by atoms with Crippen LogP contribution >= 0.6 is 0 Å². The van der Waals surface area contributed by atoms with Crippen molar-refractivity contribution in [2.45, 2.75) is 25.3 Å². The minimum Gasteiger partial charge on any atom is -0.365 e. The quantitative estimate of drug-likeness (QED) is 0.715. The molecule has 0 bridgehead atoms. The van der Waals surface area contributed by atoms with Gasteiger partial charge in [0.2, 0.25) is 5.95 Å². The fourth-order valence-electron chi connectivity index (χ4n) is 3.10. The Morgan fingerprint density at radius 2 is 2.16 bits per heavy atom. The first-order chi connectivity index (χ1) is 12.1. The summed E-state index contributed by atoms with van der Waals surface area (Å²) < 4.78 is 0. The Bertz CT molecular complexity index is 721. The summed E-state index contributed by atoms with van der Waals surface area (Å²) >= 11 is 0. The SMILES string of the molecule is CN1CCCC1CCNc1ncc(C(N)=O)c(Nc2ccccc2)n1. The van der Waals surface area contributed by atoms with Gasteiger partial charge in [-0.15, -0.1) is 0 Å². The van der Waals surface area contributed by atoms with Crippen molar-refractivity contribution in [2.75, 3.05) is 30.8 Å². The van der Waals surface area contributed by atoms with Crippen molar-refractivity contribution in [3.63, 3.8) is 0 Å². The zero-order chi connectivity index (χ0) is 17.6. The molecule has 0 saturated carbocycles. The van der Waals surface area contributed by atoms with Crippen LogP contribution in [-0.4, -0.2) is 47.0 Å². The van der Waals surface area contributed by atoms with Crippen molar-refractivity contribution in [3.05, 3.63) is 42.1 Å². The van der Waals surface area contributed by atoms with E-state index in [1.165, 1.54) is 25.6 Å². The van der Waals surface area contributed by atoms with E-state index in [1.54, 1.807) is 0 Å². The van der Waals surface area contributed by atoms with Gasteiger partial charge in [0.05, 0.1) is 0 Å². The van der Waals surface area contributed by atoms with Crippen LogP contribution in [0.15, 0.2) is 36.5 Å². The number of nitrogens with two attached hydrogens (primary N) is 1. The molecule has 1 aliphatic rings. The van der Waals surface area contributed by atoms with Crippen molar-refractivity contribution in [2.24, 2.45) is 5.73 Å². The van der Waals surface area contributed by atoms with Gasteiger partial charge in [-0.2, -0.15) is 4.98 Å². The van der Waals surface area contributed by atoms with E-state index in [-0.39, 0.29) is 5.56 Å². The average molecular weight is 340 g/mol. The molecule has 0 radical (unpaired) electrons. The van der Waals surface area contributed by atoms with Crippen LogP contribution in [0.3, 0.4) is 0 Å². The molecule has 4 N–H and O–H groups in total. The third kappa shape index (κ3) is 4.45. The van der Waals surface area contributed by atoms with Gasteiger partial charge in [0.25, 0.3) is 5.91 Å². The van der Waals surface area contributed by atoms with Crippen molar-refractivity contribution in [3.8, 4) is 0 Å². The summed E-state index contributed by atoms with van der Waals surface area (Å²) in [6, 6.07) is 10.1. The van der Waals surface area contributed by atoms with Crippen LogP contribution in [0, 0.1) is 0 Å². The maximum absolute atomic E-state index is 11.6. The van der Waals surface area contributed by atoms with Gasteiger partial charge in [-0.25, -0.2) is 4.98 Å². The number of aromatic nitrogens is 2. The summed E-state index contributed by atoms with van der Waals surface area (Å²) in [6.07, 6.45) is 5.00. The van der Waals surface area contributed by atoms with E-state index >= 15 is 0 Å². The molecule has 1 fully saturated rings. The summed E-state index contributed by atoms with van der Waals surface area (Å²) in [5.41, 5.74) is 6.54. The molecule has 3 rings (SSSR count). The number of carbonyl (C=O) groups excluding carboxylic acids is 1. The fraction of sp³-hybridized carbons (Fsp3) is 0.389. The van der Waals surface area contributed by atoms with E-state index in [4.69, 9.17) is 5.73 Å². The molecule has 1 aliphatic heterocycles. The number of primary amides is 1. The molecule has 7 heteroatoms. The number of nitrogens with one attached hydrogen (secondary N) is 2. The zero-order valence-corrected chi connectivity index (χ0v) is 14.4. The van der Waals surface area contributed by atoms with E-state index in [0.717, 1.165) is 18.7 Å². The van der Waals surface area contributed by atoms with Gasteiger partial charge >= 0.3 is 0 Å². The van der Waals surface area contributed by atoms with Crippen LogP contribution in [-0.2, 0) is 0 Å². The molecule has 0 spiro atoms. The van der Waals surface area contributed by atoms with Crippen molar-refractivity contribution < 1.29 is 4.79 Å². The molecule has 0 aliphatic carbocycles. The lowest BCUT2D eigenvalue weighted by Gasteiger charge is -2.19. The summed E-state index contributed by atoms with van der Waals surface area (Å²) in [5, 5.41) is 6.38. The molecule has 1 amide bonds. The molecular weight excluding hydrogens is 316 g/mol. The second-order valence-corrected chi connectivity index (χ2v) is 6.30. The fourth-order valence-corrected chi connectivity index (χ4v) is 3.10.